The van der Waals surface area contributed by atoms with Gasteiger partial charge in [-0.1, -0.05) is 107 Å². The minimum absolute atomic E-state index is 0.00904. The number of fused-ring (bicyclic) bond motifs is 1. The van der Waals surface area contributed by atoms with E-state index in [0.717, 1.165) is 6.92 Å². The molecule has 19 nitrogen and oxygen atoms in total. The molecular formula is C43H35Cl5F4N4O15. The van der Waals surface area contributed by atoms with E-state index in [1.54, 1.807) is 31.2 Å². The Morgan fingerprint density at radius 3 is 1.28 bits per heavy atom. The Hall–Kier alpha value is -6.83. The summed E-state index contributed by atoms with van der Waals surface area (Å²) < 4.78 is 49.8. The van der Waals surface area contributed by atoms with Crippen LogP contribution in [0.4, 0.5) is 23.2 Å². The average molecular weight is 1100 g/mol. The largest absolute Gasteiger partial charge is 0.508 e. The zero-order valence-corrected chi connectivity index (χ0v) is 40.0. The SMILES string of the molecule is CC1CC(=O)N(O)C1=O.Cc1c(F)c(F)c(O)c(F)c1F.Cc1ccc(O)cc1.O=C1CCC(=O)N1O.O=C1c2ccccc2C(=O)N1O.O=[N+]([O-])c1ccccc1O.Oc1c(Cl)c(Cl)c(Cl)c(Cl)c1Cl. The van der Waals surface area contributed by atoms with Crippen molar-refractivity contribution >= 4 is 99.1 Å². The van der Waals surface area contributed by atoms with Gasteiger partial charge in [-0.15, -0.1) is 5.06 Å². The van der Waals surface area contributed by atoms with Crippen molar-refractivity contribution in [2.75, 3.05) is 0 Å². The summed E-state index contributed by atoms with van der Waals surface area (Å²) in [5.74, 6) is -12.3. The summed E-state index contributed by atoms with van der Waals surface area (Å²) in [4.78, 5) is 73.1. The van der Waals surface area contributed by atoms with Crippen molar-refractivity contribution in [3.8, 4) is 23.0 Å². The maximum absolute atomic E-state index is 12.5. The molecule has 71 heavy (non-hydrogen) atoms. The molecule has 2 saturated heterocycles. The van der Waals surface area contributed by atoms with Gasteiger partial charge < -0.3 is 20.4 Å². The van der Waals surface area contributed by atoms with E-state index >= 15 is 0 Å². The van der Waals surface area contributed by atoms with Gasteiger partial charge in [-0.2, -0.15) is 18.9 Å². The number of nitrogens with zero attached hydrogens (tertiary/aromatic N) is 4. The van der Waals surface area contributed by atoms with Crippen molar-refractivity contribution in [1.29, 1.82) is 0 Å². The number of carbonyl (C=O) groups excluding carboxylic acids is 6. The lowest BCUT2D eigenvalue weighted by Crippen LogP contribution is -2.25. The number of hydrogen-bond acceptors (Lipinski definition) is 15. The van der Waals surface area contributed by atoms with Crippen LogP contribution >= 0.6 is 58.0 Å². The number of rotatable bonds is 1. The molecule has 0 spiro atoms. The van der Waals surface area contributed by atoms with Crippen molar-refractivity contribution in [3.05, 3.63) is 154 Å². The van der Waals surface area contributed by atoms with Gasteiger partial charge in [0.15, 0.2) is 28.9 Å². The topological polar surface area (TPSA) is 297 Å². The summed E-state index contributed by atoms with van der Waals surface area (Å²) in [6, 6.07) is 18.9. The van der Waals surface area contributed by atoms with Crippen LogP contribution < -0.4 is 0 Å². The number of hydrogen-bond donors (Lipinski definition) is 7. The zero-order chi connectivity index (χ0) is 54.3. The van der Waals surface area contributed by atoms with Gasteiger partial charge in [0.25, 0.3) is 35.4 Å². The van der Waals surface area contributed by atoms with Gasteiger partial charge in [0.05, 0.1) is 31.1 Å². The normalized spacial score (nSPS) is 14.2. The lowest BCUT2D eigenvalue weighted by molar-refractivity contribution is -0.385. The molecule has 3 aliphatic heterocycles. The highest BCUT2D eigenvalue weighted by Gasteiger charge is 2.35. The van der Waals surface area contributed by atoms with E-state index in [1.165, 1.54) is 42.0 Å². The monoisotopic (exact) mass is 1100 g/mol. The first-order valence-corrected chi connectivity index (χ1v) is 21.1. The van der Waals surface area contributed by atoms with Crippen LogP contribution in [0.5, 0.6) is 23.0 Å². The fourth-order valence-electron chi connectivity index (χ4n) is 5.00. The highest BCUT2D eigenvalue weighted by Crippen LogP contribution is 2.47. The summed E-state index contributed by atoms with van der Waals surface area (Å²) in [5, 5.41) is 71.5. The summed E-state index contributed by atoms with van der Waals surface area (Å²) in [5.41, 5.74) is 0.628. The highest BCUT2D eigenvalue weighted by atomic mass is 35.5. The molecule has 0 radical (unpaired) electrons. The number of amides is 6. The Balaban J connectivity index is 0.000000286. The summed E-state index contributed by atoms with van der Waals surface area (Å²) in [6.07, 6.45) is 0.431. The molecular weight excluding hydrogens is 1070 g/mol. The van der Waals surface area contributed by atoms with Gasteiger partial charge in [0.2, 0.25) is 11.6 Å². The maximum Gasteiger partial charge on any atom is 0.310 e. The first kappa shape index (κ1) is 60.3. The number of aryl methyl sites for hydroxylation is 1. The van der Waals surface area contributed by atoms with Crippen LogP contribution in [0.2, 0.25) is 25.1 Å². The Kier molecular flexibility index (Phi) is 22.9. The Morgan fingerprint density at radius 2 is 0.972 bits per heavy atom. The van der Waals surface area contributed by atoms with Crippen LogP contribution in [0, 0.1) is 53.1 Å². The zero-order valence-electron chi connectivity index (χ0n) is 36.2. The summed E-state index contributed by atoms with van der Waals surface area (Å²) >= 11 is 27.9. The van der Waals surface area contributed by atoms with E-state index in [0.29, 0.717) is 5.75 Å². The van der Waals surface area contributed by atoms with Crippen LogP contribution in [0.15, 0.2) is 72.8 Å². The second kappa shape index (κ2) is 27.0. The number of phenolic OH excluding ortho intramolecular Hbond substituents is 4. The molecule has 28 heteroatoms. The molecule has 380 valence electrons. The second-order valence-corrected chi connectivity index (χ2v) is 15.8. The van der Waals surface area contributed by atoms with Gasteiger partial charge in [-0.3, -0.25) is 54.5 Å². The molecule has 0 aliphatic carbocycles. The minimum Gasteiger partial charge on any atom is -0.508 e. The number of nitro groups is 1. The molecule has 0 saturated carbocycles. The van der Waals surface area contributed by atoms with Crippen molar-refractivity contribution in [2.45, 2.75) is 40.0 Å². The Labute approximate surface area is 422 Å². The number of halogens is 9. The third-order valence-corrected chi connectivity index (χ3v) is 11.2. The van der Waals surface area contributed by atoms with Crippen molar-refractivity contribution in [1.82, 2.24) is 15.2 Å². The van der Waals surface area contributed by atoms with Crippen LogP contribution in [-0.2, 0) is 19.2 Å². The number of phenols is 4. The first-order chi connectivity index (χ1) is 33.0. The van der Waals surface area contributed by atoms with Crippen LogP contribution in [-0.4, -0.2) is 91.6 Å². The molecule has 3 heterocycles. The van der Waals surface area contributed by atoms with Crippen molar-refractivity contribution in [3.63, 3.8) is 0 Å². The standard InChI is InChI=1S/C8H5NO3.C7H4F4O.C7H8O.C6HCl5O.C6H5NO3.C5H7NO3.C4H5NO3/c10-7-5-3-1-2-4-6(5)8(11)9(7)12;1-2-3(8)5(10)7(12)6(11)4(2)9;1-6-2-4-7(8)5-3-6;7-1-2(8)4(10)6(12)5(11)3(1)9;8-6-4-2-1-3-5(6)7(9)10;1-3-2-4(7)6(9)5(3)8;6-3-1-2-4(7)5(3)8/h1-4,12H;12H,1H3;2-5,8H,1H3;12H;1-4,8H;3,9H,2H2,1H3;8H,1-2H2. The van der Waals surface area contributed by atoms with Crippen molar-refractivity contribution in [2.24, 2.45) is 5.92 Å². The van der Waals surface area contributed by atoms with E-state index < -0.39 is 74.9 Å². The fourth-order valence-corrected chi connectivity index (χ4v) is 6.12. The van der Waals surface area contributed by atoms with Gasteiger partial charge in [0.1, 0.15) is 15.8 Å². The predicted molar refractivity (Wildman–Crippen MR) is 242 cm³/mol. The van der Waals surface area contributed by atoms with Crippen LogP contribution in [0.25, 0.3) is 0 Å². The van der Waals surface area contributed by atoms with Gasteiger partial charge in [-0.05, 0) is 44.2 Å². The summed E-state index contributed by atoms with van der Waals surface area (Å²) in [7, 11) is 0. The van der Waals surface area contributed by atoms with Crippen LogP contribution in [0.3, 0.4) is 0 Å². The lowest BCUT2D eigenvalue weighted by atomic mass is 10.1. The predicted octanol–water partition coefficient (Wildman–Crippen LogP) is 9.88. The molecule has 5 aromatic rings. The molecule has 2 fully saturated rings. The van der Waals surface area contributed by atoms with Gasteiger partial charge in [-0.25, -0.2) is 8.78 Å². The van der Waals surface area contributed by atoms with E-state index in [-0.39, 0.29) is 93.8 Å². The minimum atomic E-state index is -1.77. The number of nitro benzene ring substituents is 1. The third-order valence-electron chi connectivity index (χ3n) is 8.90. The van der Waals surface area contributed by atoms with Crippen molar-refractivity contribution < 1.29 is 87.3 Å². The van der Waals surface area contributed by atoms with E-state index in [4.69, 9.17) is 88.9 Å². The molecule has 5 aromatic carbocycles. The Bertz CT molecular complexity index is 2500. The van der Waals surface area contributed by atoms with Gasteiger partial charge in [0, 0.05) is 36.8 Å². The Morgan fingerprint density at radius 1 is 0.563 bits per heavy atom. The number of aromatic hydroxyl groups is 4. The van der Waals surface area contributed by atoms with Gasteiger partial charge >= 0.3 is 5.69 Å². The summed E-state index contributed by atoms with van der Waals surface area (Å²) in [6.45, 7) is 4.46. The number of hydroxylamine groups is 6. The average Bonchev–Trinajstić information content (AvgIpc) is 3.87. The highest BCUT2D eigenvalue weighted by molar-refractivity contribution is 6.55. The first-order valence-electron chi connectivity index (χ1n) is 19.2. The lowest BCUT2D eigenvalue weighted by Gasteiger charge is -2.06. The maximum atomic E-state index is 12.5. The number of imide groups is 3. The number of para-hydroxylation sites is 2. The van der Waals surface area contributed by atoms with E-state index in [1.807, 2.05) is 19.1 Å². The quantitative estimate of drug-likeness (QED) is 0.0156. The number of carbonyl (C=O) groups is 6. The molecule has 0 bridgehead atoms. The molecule has 1 unspecified atom stereocenters. The fraction of sp³-hybridized carbons (Fsp3) is 0.163. The molecule has 6 amide bonds. The third kappa shape index (κ3) is 15.8. The van der Waals surface area contributed by atoms with E-state index in [9.17, 15) is 61.5 Å². The molecule has 8 rings (SSSR count). The molecule has 0 aromatic heterocycles. The molecule has 1 atom stereocenters. The molecule has 7 N–H and O–H groups in total. The second-order valence-electron chi connectivity index (χ2n) is 13.9. The molecule has 3 aliphatic rings. The number of benzene rings is 5. The van der Waals surface area contributed by atoms with E-state index in [2.05, 4.69) is 0 Å². The van der Waals surface area contributed by atoms with Crippen LogP contribution in [0.1, 0.15) is 58.0 Å². The smallest absolute Gasteiger partial charge is 0.310 e.